The van der Waals surface area contributed by atoms with Crippen molar-refractivity contribution in [2.45, 2.75) is 38.7 Å². The topological polar surface area (TPSA) is 23.5 Å². The van der Waals surface area contributed by atoms with Crippen molar-refractivity contribution >= 4 is 0 Å². The fourth-order valence-electron chi connectivity index (χ4n) is 1.69. The Hall–Kier alpha value is -0.0800. The highest BCUT2D eigenvalue weighted by Gasteiger charge is 2.09. The molecule has 0 aromatic rings. The van der Waals surface area contributed by atoms with E-state index in [1.54, 1.807) is 0 Å². The third kappa shape index (κ3) is 3.73. The van der Waals surface area contributed by atoms with E-state index in [9.17, 15) is 0 Å². The summed E-state index contributed by atoms with van der Waals surface area (Å²) in [5, 5.41) is 9.15. The number of aliphatic hydroxyl groups excluding tert-OH is 1. The predicted octanol–water partition coefficient (Wildman–Crippen LogP) is 1.24. The van der Waals surface area contributed by atoms with E-state index in [2.05, 4.69) is 4.90 Å². The van der Waals surface area contributed by atoms with E-state index in [0.717, 1.165) is 6.54 Å². The molecule has 1 fully saturated rings. The summed E-state index contributed by atoms with van der Waals surface area (Å²) in [4.78, 5) is 2.37. The van der Waals surface area contributed by atoms with Crippen LogP contribution in [-0.2, 0) is 0 Å². The maximum Gasteiger partial charge on any atom is 0.0639 e. The van der Waals surface area contributed by atoms with Crippen LogP contribution in [0.2, 0.25) is 0 Å². The van der Waals surface area contributed by atoms with Crippen LogP contribution < -0.4 is 0 Å². The molecule has 1 N–H and O–H groups in total. The summed E-state index contributed by atoms with van der Waals surface area (Å²) in [5.74, 6) is 0. The molecule has 0 aromatic heterocycles. The van der Waals surface area contributed by atoms with Crippen LogP contribution in [0.25, 0.3) is 0 Å². The first-order valence-electron chi connectivity index (χ1n) is 4.69. The van der Waals surface area contributed by atoms with Crippen molar-refractivity contribution in [2.75, 3.05) is 19.6 Å². The monoisotopic (exact) mass is 157 g/mol. The summed E-state index contributed by atoms with van der Waals surface area (Å²) < 4.78 is 0. The van der Waals surface area contributed by atoms with Gasteiger partial charge in [-0.2, -0.15) is 0 Å². The second-order valence-electron chi connectivity index (χ2n) is 3.56. The Morgan fingerprint density at radius 2 is 1.73 bits per heavy atom. The Balaban J connectivity index is 2.20. The SMILES string of the molecule is CC(O)CN1CCCCCC1. The van der Waals surface area contributed by atoms with Gasteiger partial charge >= 0.3 is 0 Å². The standard InChI is InChI=1S/C9H19NO/c1-9(11)8-10-6-4-2-3-5-7-10/h9,11H,2-8H2,1H3. The van der Waals surface area contributed by atoms with E-state index in [0.29, 0.717) is 0 Å². The van der Waals surface area contributed by atoms with Gasteiger partial charge in [-0.05, 0) is 32.9 Å². The van der Waals surface area contributed by atoms with Crippen LogP contribution in [0, 0.1) is 0 Å². The first-order chi connectivity index (χ1) is 5.29. The predicted molar refractivity (Wildman–Crippen MR) is 46.6 cm³/mol. The highest BCUT2D eigenvalue weighted by molar-refractivity contribution is 4.65. The normalized spacial score (nSPS) is 24.5. The van der Waals surface area contributed by atoms with Crippen molar-refractivity contribution in [3.63, 3.8) is 0 Å². The molecule has 1 aliphatic heterocycles. The van der Waals surface area contributed by atoms with E-state index >= 15 is 0 Å². The van der Waals surface area contributed by atoms with Gasteiger partial charge in [-0.3, -0.25) is 0 Å². The molecule has 0 radical (unpaired) electrons. The molecule has 1 heterocycles. The lowest BCUT2D eigenvalue weighted by Crippen LogP contribution is -2.31. The van der Waals surface area contributed by atoms with Gasteiger partial charge in [0, 0.05) is 6.54 Å². The van der Waals surface area contributed by atoms with Gasteiger partial charge in [0.2, 0.25) is 0 Å². The van der Waals surface area contributed by atoms with E-state index in [4.69, 9.17) is 5.11 Å². The van der Waals surface area contributed by atoms with E-state index in [1.807, 2.05) is 6.92 Å². The number of β-amino-alcohol motifs (C(OH)–C–C–N with tert-alkyl or cyclic N) is 1. The Morgan fingerprint density at radius 3 is 2.18 bits per heavy atom. The van der Waals surface area contributed by atoms with Crippen molar-refractivity contribution in [3.8, 4) is 0 Å². The van der Waals surface area contributed by atoms with Gasteiger partial charge in [0.1, 0.15) is 0 Å². The second-order valence-corrected chi connectivity index (χ2v) is 3.56. The molecular formula is C9H19NO. The van der Waals surface area contributed by atoms with Crippen LogP contribution in [0.3, 0.4) is 0 Å². The first kappa shape index (κ1) is 9.01. The van der Waals surface area contributed by atoms with Crippen molar-refractivity contribution in [1.29, 1.82) is 0 Å². The van der Waals surface area contributed by atoms with Crippen LogP contribution in [0.4, 0.5) is 0 Å². The van der Waals surface area contributed by atoms with Gasteiger partial charge < -0.3 is 10.0 Å². The largest absolute Gasteiger partial charge is 0.392 e. The van der Waals surface area contributed by atoms with Crippen molar-refractivity contribution in [2.24, 2.45) is 0 Å². The Bertz CT molecular complexity index is 95.7. The second kappa shape index (κ2) is 4.73. The zero-order chi connectivity index (χ0) is 8.10. The molecule has 11 heavy (non-hydrogen) atoms. The van der Waals surface area contributed by atoms with Crippen LogP contribution in [0.5, 0.6) is 0 Å². The molecule has 2 heteroatoms. The lowest BCUT2D eigenvalue weighted by molar-refractivity contribution is 0.129. The van der Waals surface area contributed by atoms with E-state index < -0.39 is 0 Å². The molecule has 1 saturated heterocycles. The van der Waals surface area contributed by atoms with E-state index in [-0.39, 0.29) is 6.10 Å². The van der Waals surface area contributed by atoms with Gasteiger partial charge in [0.05, 0.1) is 6.10 Å². The van der Waals surface area contributed by atoms with E-state index in [1.165, 1.54) is 38.8 Å². The lowest BCUT2D eigenvalue weighted by Gasteiger charge is -2.20. The molecule has 66 valence electrons. The smallest absolute Gasteiger partial charge is 0.0639 e. The zero-order valence-electron chi connectivity index (χ0n) is 7.42. The van der Waals surface area contributed by atoms with Crippen LogP contribution >= 0.6 is 0 Å². The third-order valence-corrected chi connectivity index (χ3v) is 2.22. The summed E-state index contributed by atoms with van der Waals surface area (Å²) >= 11 is 0. The Morgan fingerprint density at radius 1 is 1.18 bits per heavy atom. The third-order valence-electron chi connectivity index (χ3n) is 2.22. The average Bonchev–Trinajstić information content (AvgIpc) is 2.14. The maximum absolute atomic E-state index is 9.15. The fourth-order valence-corrected chi connectivity index (χ4v) is 1.69. The molecule has 0 saturated carbocycles. The quantitative estimate of drug-likeness (QED) is 0.652. The van der Waals surface area contributed by atoms with Gasteiger partial charge in [-0.25, -0.2) is 0 Å². The van der Waals surface area contributed by atoms with Crippen LogP contribution in [0.15, 0.2) is 0 Å². The maximum atomic E-state index is 9.15. The zero-order valence-corrected chi connectivity index (χ0v) is 7.42. The first-order valence-corrected chi connectivity index (χ1v) is 4.69. The molecule has 0 aliphatic carbocycles. The minimum absolute atomic E-state index is 0.159. The van der Waals surface area contributed by atoms with Crippen LogP contribution in [0.1, 0.15) is 32.6 Å². The molecule has 2 nitrogen and oxygen atoms in total. The minimum Gasteiger partial charge on any atom is -0.392 e. The van der Waals surface area contributed by atoms with Gasteiger partial charge in [-0.15, -0.1) is 0 Å². The minimum atomic E-state index is -0.159. The lowest BCUT2D eigenvalue weighted by atomic mass is 10.2. The number of rotatable bonds is 2. The molecule has 1 rings (SSSR count). The van der Waals surface area contributed by atoms with Gasteiger partial charge in [-0.1, -0.05) is 12.8 Å². The van der Waals surface area contributed by atoms with Crippen molar-refractivity contribution < 1.29 is 5.11 Å². The van der Waals surface area contributed by atoms with Crippen molar-refractivity contribution in [3.05, 3.63) is 0 Å². The number of hydrogen-bond donors (Lipinski definition) is 1. The molecule has 0 amide bonds. The molecule has 0 bridgehead atoms. The van der Waals surface area contributed by atoms with Crippen molar-refractivity contribution in [1.82, 2.24) is 4.90 Å². The molecule has 0 aromatic carbocycles. The highest BCUT2D eigenvalue weighted by Crippen LogP contribution is 2.09. The molecule has 1 unspecified atom stereocenters. The highest BCUT2D eigenvalue weighted by atomic mass is 16.3. The number of likely N-dealkylation sites (tertiary alicyclic amines) is 1. The molecule has 1 atom stereocenters. The number of aliphatic hydroxyl groups is 1. The summed E-state index contributed by atoms with van der Waals surface area (Å²) in [6.45, 7) is 5.10. The summed E-state index contributed by atoms with van der Waals surface area (Å²) in [5.41, 5.74) is 0. The summed E-state index contributed by atoms with van der Waals surface area (Å²) in [6, 6.07) is 0. The average molecular weight is 157 g/mol. The molecular weight excluding hydrogens is 138 g/mol. The van der Waals surface area contributed by atoms with Gasteiger partial charge in [0.15, 0.2) is 0 Å². The number of hydrogen-bond acceptors (Lipinski definition) is 2. The Kier molecular flexibility index (Phi) is 3.87. The fraction of sp³-hybridized carbons (Fsp3) is 1.00. The van der Waals surface area contributed by atoms with Gasteiger partial charge in [0.25, 0.3) is 0 Å². The summed E-state index contributed by atoms with van der Waals surface area (Å²) in [7, 11) is 0. The molecule has 0 spiro atoms. The summed E-state index contributed by atoms with van der Waals surface area (Å²) in [6.07, 6.45) is 5.21. The number of nitrogens with zero attached hydrogens (tertiary/aromatic N) is 1. The van der Waals surface area contributed by atoms with Crippen LogP contribution in [-0.4, -0.2) is 35.7 Å². The Labute approximate surface area is 69.2 Å². The molecule has 1 aliphatic rings.